The summed E-state index contributed by atoms with van der Waals surface area (Å²) in [7, 11) is 1.51. The van der Waals surface area contributed by atoms with Gasteiger partial charge in [0.25, 0.3) is 5.69 Å². The molecule has 0 spiro atoms. The van der Waals surface area contributed by atoms with Crippen molar-refractivity contribution >= 4 is 27.7 Å². The average molecular weight is 433 g/mol. The lowest BCUT2D eigenvalue weighted by molar-refractivity contribution is -0.386. The minimum atomic E-state index is -1.37. The number of benzene rings is 2. The molecule has 0 bridgehead atoms. The molecule has 27 heavy (non-hydrogen) atoms. The van der Waals surface area contributed by atoms with Gasteiger partial charge in [0.1, 0.15) is 12.7 Å². The maximum atomic E-state index is 11.9. The van der Waals surface area contributed by atoms with E-state index in [1.165, 1.54) is 24.1 Å². The van der Waals surface area contributed by atoms with Crippen LogP contribution in [0.4, 0.5) is 10.5 Å². The summed E-state index contributed by atoms with van der Waals surface area (Å²) in [6, 6.07) is 13.6. The highest BCUT2D eigenvalue weighted by Crippen LogP contribution is 2.31. The van der Waals surface area contributed by atoms with Gasteiger partial charge in [0, 0.05) is 17.6 Å². The van der Waals surface area contributed by atoms with E-state index in [-0.39, 0.29) is 24.4 Å². The molecule has 1 amide bonds. The van der Waals surface area contributed by atoms with Gasteiger partial charge in [0.2, 0.25) is 0 Å². The monoisotopic (exact) mass is 432 g/mol. The second-order valence-corrected chi connectivity index (χ2v) is 6.40. The van der Waals surface area contributed by atoms with E-state index in [9.17, 15) is 20.0 Å². The highest BCUT2D eigenvalue weighted by Gasteiger charge is 2.21. The van der Waals surface area contributed by atoms with E-state index in [0.29, 0.717) is 4.47 Å². The second-order valence-electron chi connectivity index (χ2n) is 5.55. The minimum absolute atomic E-state index is 0.00291. The number of rotatable bonds is 5. The molecule has 140 valence electrons. The van der Waals surface area contributed by atoms with Gasteiger partial charge < -0.3 is 14.7 Å². The van der Waals surface area contributed by atoms with Gasteiger partial charge in [-0.3, -0.25) is 10.1 Å². The van der Waals surface area contributed by atoms with Crippen LogP contribution in [0.5, 0.6) is 0 Å². The number of nitro benzene ring substituents is 1. The molecule has 0 saturated heterocycles. The molecule has 7 nitrogen and oxygen atoms in total. The molecule has 2 aromatic carbocycles. The van der Waals surface area contributed by atoms with E-state index in [1.807, 2.05) is 30.3 Å². The van der Waals surface area contributed by atoms with E-state index in [2.05, 4.69) is 27.8 Å². The molecule has 1 N–H and O–H groups in total. The lowest BCUT2D eigenvalue weighted by Crippen LogP contribution is -2.27. The number of aliphatic hydroxyl groups excluding tert-OH is 1. The van der Waals surface area contributed by atoms with Gasteiger partial charge in [-0.2, -0.15) is 0 Å². The van der Waals surface area contributed by atoms with Gasteiger partial charge in [-0.15, -0.1) is 0 Å². The van der Waals surface area contributed by atoms with Gasteiger partial charge >= 0.3 is 6.09 Å². The SMILES string of the molecule is CN(CC#CC(O)c1c(Br)cccc1[N+](=O)[O-])C(=O)OCc1ccccc1. The number of hydrogen-bond donors (Lipinski definition) is 1. The van der Waals surface area contributed by atoms with Gasteiger partial charge in [-0.05, 0) is 11.6 Å². The quantitative estimate of drug-likeness (QED) is 0.441. The Morgan fingerprint density at radius 1 is 1.30 bits per heavy atom. The van der Waals surface area contributed by atoms with Gasteiger partial charge in [0.15, 0.2) is 0 Å². The number of halogens is 1. The number of aliphatic hydroxyl groups is 1. The zero-order valence-electron chi connectivity index (χ0n) is 14.5. The van der Waals surface area contributed by atoms with Crippen molar-refractivity contribution in [2.75, 3.05) is 13.6 Å². The predicted molar refractivity (Wildman–Crippen MR) is 103 cm³/mol. The fourth-order valence-corrected chi connectivity index (χ4v) is 2.76. The fourth-order valence-electron chi connectivity index (χ4n) is 2.18. The number of ether oxygens (including phenoxy) is 1. The number of carbonyl (C=O) groups is 1. The van der Waals surface area contributed by atoms with E-state index < -0.39 is 17.1 Å². The van der Waals surface area contributed by atoms with Gasteiger partial charge in [-0.1, -0.05) is 64.2 Å². The van der Waals surface area contributed by atoms with Crippen molar-refractivity contribution in [3.8, 4) is 11.8 Å². The van der Waals surface area contributed by atoms with Crippen molar-refractivity contribution in [3.05, 3.63) is 74.2 Å². The molecular weight excluding hydrogens is 416 g/mol. The smallest absolute Gasteiger partial charge is 0.410 e. The van der Waals surface area contributed by atoms with Gasteiger partial charge in [-0.25, -0.2) is 4.79 Å². The van der Waals surface area contributed by atoms with Crippen LogP contribution < -0.4 is 0 Å². The minimum Gasteiger partial charge on any atom is -0.445 e. The van der Waals surface area contributed by atoms with Crippen molar-refractivity contribution in [1.82, 2.24) is 4.90 Å². The number of hydrogen-bond acceptors (Lipinski definition) is 5. The second kappa shape index (κ2) is 9.71. The maximum absolute atomic E-state index is 11.9. The van der Waals surface area contributed by atoms with Crippen molar-refractivity contribution in [3.63, 3.8) is 0 Å². The molecule has 1 unspecified atom stereocenters. The summed E-state index contributed by atoms with van der Waals surface area (Å²) in [5.41, 5.74) is 0.702. The summed E-state index contributed by atoms with van der Waals surface area (Å²) in [6.45, 7) is 0.145. The summed E-state index contributed by atoms with van der Waals surface area (Å²) in [5, 5.41) is 21.3. The molecule has 2 rings (SSSR count). The van der Waals surface area contributed by atoms with E-state index in [0.717, 1.165) is 5.56 Å². The van der Waals surface area contributed by atoms with Crippen molar-refractivity contribution in [2.24, 2.45) is 0 Å². The van der Waals surface area contributed by atoms with Crippen LogP contribution in [0, 0.1) is 22.0 Å². The highest BCUT2D eigenvalue weighted by molar-refractivity contribution is 9.10. The van der Waals surface area contributed by atoms with E-state index in [4.69, 9.17) is 4.74 Å². The average Bonchev–Trinajstić information content (AvgIpc) is 2.66. The molecule has 0 fully saturated rings. The maximum Gasteiger partial charge on any atom is 0.410 e. The fraction of sp³-hybridized carbons (Fsp3) is 0.211. The third-order valence-corrected chi connectivity index (χ3v) is 4.26. The number of carbonyl (C=O) groups excluding carboxylic acids is 1. The van der Waals surface area contributed by atoms with E-state index in [1.54, 1.807) is 6.07 Å². The van der Waals surface area contributed by atoms with E-state index >= 15 is 0 Å². The Kier molecular flexibility index (Phi) is 7.34. The molecular formula is C19H17BrN2O5. The highest BCUT2D eigenvalue weighted by atomic mass is 79.9. The zero-order valence-corrected chi connectivity index (χ0v) is 16.0. The van der Waals surface area contributed by atoms with Crippen LogP contribution in [0.15, 0.2) is 53.0 Å². The standard InChI is InChI=1S/C19H17BrN2O5/c1-21(19(24)27-13-14-7-3-2-4-8-14)12-6-11-17(23)18-15(20)9-5-10-16(18)22(25)26/h2-5,7-10,17,23H,12-13H2,1H3. The normalized spacial score (nSPS) is 11.1. The molecule has 2 aromatic rings. The Balaban J connectivity index is 1.96. The topological polar surface area (TPSA) is 92.9 Å². The summed E-state index contributed by atoms with van der Waals surface area (Å²) < 4.78 is 5.55. The van der Waals surface area contributed by atoms with Crippen LogP contribution in [0.1, 0.15) is 17.2 Å². The van der Waals surface area contributed by atoms with Crippen LogP contribution in [0.2, 0.25) is 0 Å². The summed E-state index contributed by atoms with van der Waals surface area (Å²) in [6.07, 6.45) is -1.93. The molecule has 0 radical (unpaired) electrons. The molecule has 0 saturated carbocycles. The first-order chi connectivity index (χ1) is 12.9. The molecule has 0 aliphatic heterocycles. The Morgan fingerprint density at radius 2 is 2.00 bits per heavy atom. The Labute approximate surface area is 164 Å². The van der Waals surface area contributed by atoms with Crippen LogP contribution in [0.25, 0.3) is 0 Å². The first-order valence-corrected chi connectivity index (χ1v) is 8.70. The molecule has 0 heterocycles. The summed E-state index contributed by atoms with van der Waals surface area (Å²) in [4.78, 5) is 23.7. The zero-order chi connectivity index (χ0) is 19.8. The Bertz CT molecular complexity index is 877. The Morgan fingerprint density at radius 3 is 2.67 bits per heavy atom. The third kappa shape index (κ3) is 5.81. The van der Waals surface area contributed by atoms with Crippen LogP contribution in [-0.2, 0) is 11.3 Å². The van der Waals surface area contributed by atoms with Crippen LogP contribution >= 0.6 is 15.9 Å². The number of nitro groups is 1. The third-order valence-electron chi connectivity index (χ3n) is 3.57. The van der Waals surface area contributed by atoms with Crippen molar-refractivity contribution < 1.29 is 19.6 Å². The lowest BCUT2D eigenvalue weighted by atomic mass is 10.1. The summed E-state index contributed by atoms with van der Waals surface area (Å²) >= 11 is 3.19. The predicted octanol–water partition coefficient (Wildman–Crippen LogP) is 3.66. The van der Waals surface area contributed by atoms with Crippen molar-refractivity contribution in [1.29, 1.82) is 0 Å². The lowest BCUT2D eigenvalue weighted by Gasteiger charge is -2.14. The van der Waals surface area contributed by atoms with Crippen LogP contribution in [-0.4, -0.2) is 34.6 Å². The number of nitrogens with zero attached hydrogens (tertiary/aromatic N) is 2. The van der Waals surface area contributed by atoms with Crippen molar-refractivity contribution in [2.45, 2.75) is 12.7 Å². The van der Waals surface area contributed by atoms with Crippen LogP contribution in [0.3, 0.4) is 0 Å². The van der Waals surface area contributed by atoms with Gasteiger partial charge in [0.05, 0.1) is 17.0 Å². The first-order valence-electron chi connectivity index (χ1n) is 7.91. The largest absolute Gasteiger partial charge is 0.445 e. The number of amides is 1. The molecule has 0 aliphatic rings. The molecule has 0 aliphatic carbocycles. The molecule has 0 aromatic heterocycles. The Hall–Kier alpha value is -2.89. The summed E-state index contributed by atoms with van der Waals surface area (Å²) in [5.74, 6) is 5.15. The molecule has 8 heteroatoms. The first kappa shape index (κ1) is 20.4. The molecule has 1 atom stereocenters.